The molecule has 0 aliphatic heterocycles. The van der Waals surface area contributed by atoms with Crippen molar-refractivity contribution >= 4 is 0 Å². The molecule has 0 aliphatic carbocycles. The third-order valence-corrected chi connectivity index (χ3v) is 2.10. The molecule has 2 nitrogen and oxygen atoms in total. The molecule has 0 spiro atoms. The maximum Gasteiger partial charge on any atom is 0.123 e. The van der Waals surface area contributed by atoms with Crippen LogP contribution in [0.2, 0.25) is 0 Å². The zero-order valence-corrected chi connectivity index (χ0v) is 7.63. The average molecular weight is 183 g/mol. The Morgan fingerprint density at radius 1 is 1.54 bits per heavy atom. The Labute approximate surface area is 77.2 Å². The Morgan fingerprint density at radius 2 is 2.23 bits per heavy atom. The van der Waals surface area contributed by atoms with Gasteiger partial charge in [0.15, 0.2) is 0 Å². The molecule has 0 aliphatic rings. The Bertz CT molecular complexity index is 288. The quantitative estimate of drug-likeness (QED) is 0.752. The molecule has 1 atom stereocenters. The molecule has 0 radical (unpaired) electrons. The summed E-state index contributed by atoms with van der Waals surface area (Å²) in [6.07, 6.45) is 0.721. The minimum Gasteiger partial charge on any atom is -0.507 e. The monoisotopic (exact) mass is 183 g/mol. The summed E-state index contributed by atoms with van der Waals surface area (Å²) in [5, 5.41) is 9.64. The van der Waals surface area contributed by atoms with Crippen LogP contribution in [0.3, 0.4) is 0 Å². The van der Waals surface area contributed by atoms with Crippen molar-refractivity contribution in [2.45, 2.75) is 19.4 Å². The number of benzene rings is 1. The van der Waals surface area contributed by atoms with E-state index in [9.17, 15) is 9.50 Å². The first-order valence-corrected chi connectivity index (χ1v) is 4.33. The Balaban J connectivity index is 3.08. The van der Waals surface area contributed by atoms with Crippen LogP contribution in [0, 0.1) is 0 Å². The molecule has 0 saturated carbocycles. The van der Waals surface area contributed by atoms with E-state index < -0.39 is 12.7 Å². The molecule has 1 rings (SSSR count). The van der Waals surface area contributed by atoms with Gasteiger partial charge in [0.1, 0.15) is 12.4 Å². The van der Waals surface area contributed by atoms with Crippen LogP contribution >= 0.6 is 0 Å². The minimum absolute atomic E-state index is 0.134. The molecule has 1 aromatic rings. The maximum atomic E-state index is 12.3. The van der Waals surface area contributed by atoms with Crippen LogP contribution in [0.5, 0.6) is 5.75 Å². The molecule has 13 heavy (non-hydrogen) atoms. The van der Waals surface area contributed by atoms with Crippen molar-refractivity contribution in [2.24, 2.45) is 5.73 Å². The molecular weight excluding hydrogens is 169 g/mol. The second-order valence-electron chi connectivity index (χ2n) is 2.97. The number of para-hydroxylation sites is 1. The molecule has 0 amide bonds. The first-order chi connectivity index (χ1) is 6.20. The van der Waals surface area contributed by atoms with Gasteiger partial charge in [-0.2, -0.15) is 0 Å². The van der Waals surface area contributed by atoms with Crippen LogP contribution in [0.4, 0.5) is 4.39 Å². The number of rotatable bonds is 3. The molecule has 0 aromatic heterocycles. The van der Waals surface area contributed by atoms with Crippen LogP contribution in [-0.2, 0) is 6.42 Å². The number of hydrogen-bond donors (Lipinski definition) is 2. The second kappa shape index (κ2) is 4.23. The summed E-state index contributed by atoms with van der Waals surface area (Å²) in [6, 6.07) is 4.53. The van der Waals surface area contributed by atoms with Gasteiger partial charge in [-0.3, -0.25) is 0 Å². The van der Waals surface area contributed by atoms with Gasteiger partial charge in [-0.05, 0) is 12.0 Å². The molecular formula is C10H14FNO. The Hall–Kier alpha value is -1.09. The van der Waals surface area contributed by atoms with Gasteiger partial charge in [0.2, 0.25) is 0 Å². The van der Waals surface area contributed by atoms with E-state index >= 15 is 0 Å². The third-order valence-electron chi connectivity index (χ3n) is 2.10. The van der Waals surface area contributed by atoms with Gasteiger partial charge in [-0.25, -0.2) is 4.39 Å². The lowest BCUT2D eigenvalue weighted by atomic mass is 10.0. The van der Waals surface area contributed by atoms with Crippen LogP contribution in [0.1, 0.15) is 24.1 Å². The van der Waals surface area contributed by atoms with Crippen LogP contribution in [0.15, 0.2) is 18.2 Å². The van der Waals surface area contributed by atoms with Gasteiger partial charge >= 0.3 is 0 Å². The topological polar surface area (TPSA) is 46.2 Å². The summed E-state index contributed by atoms with van der Waals surface area (Å²) in [7, 11) is 0. The summed E-state index contributed by atoms with van der Waals surface area (Å²) < 4.78 is 12.3. The van der Waals surface area contributed by atoms with Gasteiger partial charge in [0, 0.05) is 5.56 Å². The molecule has 0 bridgehead atoms. The lowest BCUT2D eigenvalue weighted by molar-refractivity contribution is 0.412. The zero-order valence-electron chi connectivity index (χ0n) is 7.63. The standard InChI is InChI=1S/C10H14FNO/c1-2-7-4-3-5-8(10(7)13)9(12)6-11/h3-5,9,13H,2,6,12H2,1H3/t9-/m0/s1. The number of aromatic hydroxyl groups is 1. The van der Waals surface area contributed by atoms with Crippen molar-refractivity contribution in [3.05, 3.63) is 29.3 Å². The summed E-state index contributed by atoms with van der Waals surface area (Å²) >= 11 is 0. The first-order valence-electron chi connectivity index (χ1n) is 4.33. The Morgan fingerprint density at radius 3 is 2.77 bits per heavy atom. The first kappa shape index (κ1) is 9.99. The van der Waals surface area contributed by atoms with E-state index in [0.29, 0.717) is 5.56 Å². The van der Waals surface area contributed by atoms with Gasteiger partial charge < -0.3 is 10.8 Å². The van der Waals surface area contributed by atoms with Crippen LogP contribution in [0.25, 0.3) is 0 Å². The highest BCUT2D eigenvalue weighted by molar-refractivity contribution is 5.42. The molecule has 0 heterocycles. The van der Waals surface area contributed by atoms with E-state index in [2.05, 4.69) is 0 Å². The van der Waals surface area contributed by atoms with Gasteiger partial charge in [0.25, 0.3) is 0 Å². The summed E-state index contributed by atoms with van der Waals surface area (Å²) in [5.74, 6) is 0.134. The second-order valence-corrected chi connectivity index (χ2v) is 2.97. The van der Waals surface area contributed by atoms with E-state index in [1.165, 1.54) is 0 Å². The molecule has 72 valence electrons. The molecule has 3 N–H and O–H groups in total. The normalized spacial score (nSPS) is 12.8. The number of aryl methyl sites for hydroxylation is 1. The van der Waals surface area contributed by atoms with E-state index in [1.807, 2.05) is 13.0 Å². The number of halogens is 1. The van der Waals surface area contributed by atoms with Crippen molar-refractivity contribution in [1.82, 2.24) is 0 Å². The molecule has 1 aromatic carbocycles. The Kier molecular flexibility index (Phi) is 3.25. The fraction of sp³-hybridized carbons (Fsp3) is 0.400. The van der Waals surface area contributed by atoms with E-state index in [4.69, 9.17) is 5.73 Å². The number of phenols is 1. The van der Waals surface area contributed by atoms with E-state index in [-0.39, 0.29) is 5.75 Å². The number of nitrogens with two attached hydrogens (primary N) is 1. The van der Waals surface area contributed by atoms with Crippen molar-refractivity contribution in [1.29, 1.82) is 0 Å². The van der Waals surface area contributed by atoms with Crippen molar-refractivity contribution in [2.75, 3.05) is 6.67 Å². The molecule has 0 fully saturated rings. The zero-order chi connectivity index (χ0) is 9.84. The van der Waals surface area contributed by atoms with Gasteiger partial charge in [-0.15, -0.1) is 0 Å². The fourth-order valence-corrected chi connectivity index (χ4v) is 1.28. The fourth-order valence-electron chi connectivity index (χ4n) is 1.28. The number of phenolic OH excluding ortho intramolecular Hbond substituents is 1. The molecule has 0 unspecified atom stereocenters. The maximum absolute atomic E-state index is 12.3. The number of hydrogen-bond acceptors (Lipinski definition) is 2. The predicted octanol–water partition coefficient (Wildman–Crippen LogP) is 1.92. The molecule has 3 heteroatoms. The third kappa shape index (κ3) is 1.98. The summed E-state index contributed by atoms with van der Waals surface area (Å²) in [6.45, 7) is 1.28. The minimum atomic E-state index is -0.716. The van der Waals surface area contributed by atoms with E-state index in [0.717, 1.165) is 12.0 Å². The highest BCUT2D eigenvalue weighted by Gasteiger charge is 2.12. The van der Waals surface area contributed by atoms with E-state index in [1.54, 1.807) is 12.1 Å². The van der Waals surface area contributed by atoms with Crippen LogP contribution in [-0.4, -0.2) is 11.8 Å². The summed E-state index contributed by atoms with van der Waals surface area (Å²) in [5.41, 5.74) is 6.78. The van der Waals surface area contributed by atoms with Crippen molar-refractivity contribution < 1.29 is 9.50 Å². The lowest BCUT2D eigenvalue weighted by Crippen LogP contribution is -2.12. The highest BCUT2D eigenvalue weighted by atomic mass is 19.1. The molecule has 0 saturated heterocycles. The average Bonchev–Trinajstić information content (AvgIpc) is 2.17. The number of alkyl halides is 1. The lowest BCUT2D eigenvalue weighted by Gasteiger charge is -2.12. The van der Waals surface area contributed by atoms with Crippen molar-refractivity contribution in [3.8, 4) is 5.75 Å². The summed E-state index contributed by atoms with van der Waals surface area (Å²) in [4.78, 5) is 0. The highest BCUT2D eigenvalue weighted by Crippen LogP contribution is 2.27. The largest absolute Gasteiger partial charge is 0.507 e. The smallest absolute Gasteiger partial charge is 0.123 e. The SMILES string of the molecule is CCc1cccc([C@@H](N)CF)c1O. The predicted molar refractivity (Wildman–Crippen MR) is 50.4 cm³/mol. The van der Waals surface area contributed by atoms with Crippen LogP contribution < -0.4 is 5.73 Å². The van der Waals surface area contributed by atoms with Gasteiger partial charge in [0.05, 0.1) is 6.04 Å². The van der Waals surface area contributed by atoms with Gasteiger partial charge in [-0.1, -0.05) is 25.1 Å². The van der Waals surface area contributed by atoms with Crippen molar-refractivity contribution in [3.63, 3.8) is 0 Å².